The van der Waals surface area contributed by atoms with Gasteiger partial charge in [-0.1, -0.05) is 38.3 Å². The van der Waals surface area contributed by atoms with Crippen molar-refractivity contribution in [3.05, 3.63) is 41.9 Å². The standard InChI is InChI=1S/C20H27N3O4/c1-3-5-6-9-12-23-14-17(21-18(23)13-19(25)27-4-2)22-20(26)15-10-7-8-11-16(15)24/h7-8,10-11,14,24H,3-6,9,12-13H2,1-2H3,(H,22,26). The Morgan fingerprint density at radius 2 is 1.96 bits per heavy atom. The van der Waals surface area contributed by atoms with E-state index in [1.54, 1.807) is 25.3 Å². The lowest BCUT2D eigenvalue weighted by molar-refractivity contribution is -0.142. The van der Waals surface area contributed by atoms with E-state index in [1.165, 1.54) is 12.1 Å². The minimum Gasteiger partial charge on any atom is -0.507 e. The molecule has 1 aromatic heterocycles. The van der Waals surface area contributed by atoms with Crippen LogP contribution >= 0.6 is 0 Å². The Morgan fingerprint density at radius 1 is 1.19 bits per heavy atom. The first-order valence-electron chi connectivity index (χ1n) is 9.36. The van der Waals surface area contributed by atoms with Gasteiger partial charge in [0.15, 0.2) is 5.82 Å². The van der Waals surface area contributed by atoms with E-state index in [0.717, 1.165) is 25.7 Å². The van der Waals surface area contributed by atoms with E-state index in [-0.39, 0.29) is 23.7 Å². The third-order valence-electron chi connectivity index (χ3n) is 4.11. The number of hydrogen-bond acceptors (Lipinski definition) is 5. The van der Waals surface area contributed by atoms with Gasteiger partial charge in [0, 0.05) is 12.7 Å². The zero-order chi connectivity index (χ0) is 19.6. The summed E-state index contributed by atoms with van der Waals surface area (Å²) in [6.45, 7) is 4.93. The van der Waals surface area contributed by atoms with Crippen molar-refractivity contribution < 1.29 is 19.4 Å². The van der Waals surface area contributed by atoms with E-state index in [0.29, 0.717) is 24.8 Å². The number of nitrogens with zero attached hydrogens (tertiary/aromatic N) is 2. The number of phenols is 1. The molecule has 0 spiro atoms. The number of anilines is 1. The molecule has 1 heterocycles. The molecule has 0 radical (unpaired) electrons. The van der Waals surface area contributed by atoms with Gasteiger partial charge in [0.1, 0.15) is 18.0 Å². The predicted octanol–water partition coefficient (Wildman–Crippen LogP) is 3.53. The third kappa shape index (κ3) is 6.13. The van der Waals surface area contributed by atoms with Gasteiger partial charge < -0.3 is 19.7 Å². The van der Waals surface area contributed by atoms with Gasteiger partial charge in [0.05, 0.1) is 12.2 Å². The number of rotatable bonds is 10. The lowest BCUT2D eigenvalue weighted by atomic mass is 10.2. The number of esters is 1. The summed E-state index contributed by atoms with van der Waals surface area (Å²) >= 11 is 0. The van der Waals surface area contributed by atoms with Gasteiger partial charge in [-0.05, 0) is 25.5 Å². The molecule has 146 valence electrons. The first-order valence-corrected chi connectivity index (χ1v) is 9.36. The molecule has 0 bridgehead atoms. The van der Waals surface area contributed by atoms with Crippen LogP contribution in [0.25, 0.3) is 0 Å². The number of hydrogen-bond donors (Lipinski definition) is 2. The Bertz CT molecular complexity index is 770. The van der Waals surface area contributed by atoms with Crippen LogP contribution in [0.15, 0.2) is 30.5 Å². The number of aromatic nitrogens is 2. The van der Waals surface area contributed by atoms with Crippen molar-refractivity contribution in [2.45, 2.75) is 52.5 Å². The van der Waals surface area contributed by atoms with E-state index in [1.807, 2.05) is 4.57 Å². The van der Waals surface area contributed by atoms with Crippen LogP contribution in [0.3, 0.4) is 0 Å². The summed E-state index contributed by atoms with van der Waals surface area (Å²) < 4.78 is 6.89. The van der Waals surface area contributed by atoms with Gasteiger partial charge in [0.25, 0.3) is 5.91 Å². The van der Waals surface area contributed by atoms with Crippen molar-refractivity contribution in [1.82, 2.24) is 9.55 Å². The molecular weight excluding hydrogens is 346 g/mol. The van der Waals surface area contributed by atoms with Crippen LogP contribution in [0.5, 0.6) is 5.75 Å². The van der Waals surface area contributed by atoms with Crippen LogP contribution < -0.4 is 5.32 Å². The zero-order valence-electron chi connectivity index (χ0n) is 15.9. The Morgan fingerprint density at radius 3 is 2.67 bits per heavy atom. The van der Waals surface area contributed by atoms with E-state index >= 15 is 0 Å². The number of carbonyl (C=O) groups excluding carboxylic acids is 2. The van der Waals surface area contributed by atoms with E-state index in [9.17, 15) is 14.7 Å². The number of benzene rings is 1. The number of ether oxygens (including phenoxy) is 1. The van der Waals surface area contributed by atoms with Crippen LogP contribution in [-0.4, -0.2) is 33.1 Å². The van der Waals surface area contributed by atoms with Crippen molar-refractivity contribution in [1.29, 1.82) is 0 Å². The molecule has 2 aromatic rings. The second-order valence-corrected chi connectivity index (χ2v) is 6.25. The van der Waals surface area contributed by atoms with E-state index in [4.69, 9.17) is 4.74 Å². The fraction of sp³-hybridized carbons (Fsp3) is 0.450. The maximum absolute atomic E-state index is 12.4. The largest absolute Gasteiger partial charge is 0.507 e. The molecular formula is C20H27N3O4. The van der Waals surface area contributed by atoms with Crippen molar-refractivity contribution in [3.63, 3.8) is 0 Å². The maximum atomic E-state index is 12.4. The first-order chi connectivity index (χ1) is 13.0. The fourth-order valence-corrected chi connectivity index (χ4v) is 2.75. The second kappa shape index (κ2) is 10.4. The van der Waals surface area contributed by atoms with Gasteiger partial charge in [-0.15, -0.1) is 0 Å². The second-order valence-electron chi connectivity index (χ2n) is 6.25. The molecule has 0 aliphatic carbocycles. The summed E-state index contributed by atoms with van der Waals surface area (Å²) in [6.07, 6.45) is 6.12. The summed E-state index contributed by atoms with van der Waals surface area (Å²) in [7, 11) is 0. The monoisotopic (exact) mass is 373 g/mol. The number of carbonyl (C=O) groups is 2. The normalized spacial score (nSPS) is 10.6. The average Bonchev–Trinajstić information content (AvgIpc) is 3.00. The Labute approximate surface area is 159 Å². The highest BCUT2D eigenvalue weighted by molar-refractivity contribution is 6.05. The average molecular weight is 373 g/mol. The number of amides is 1. The molecule has 27 heavy (non-hydrogen) atoms. The lowest BCUT2D eigenvalue weighted by Crippen LogP contribution is -2.13. The predicted molar refractivity (Wildman–Crippen MR) is 103 cm³/mol. The topological polar surface area (TPSA) is 93.5 Å². The number of para-hydroxylation sites is 1. The molecule has 7 nitrogen and oxygen atoms in total. The summed E-state index contributed by atoms with van der Waals surface area (Å²) in [5.74, 6) is -0.000716. The van der Waals surface area contributed by atoms with Crippen LogP contribution in [0, 0.1) is 0 Å². The molecule has 1 aromatic carbocycles. The summed E-state index contributed by atoms with van der Waals surface area (Å²) in [4.78, 5) is 28.6. The van der Waals surface area contributed by atoms with Gasteiger partial charge in [-0.3, -0.25) is 9.59 Å². The number of unbranched alkanes of at least 4 members (excludes halogenated alkanes) is 3. The van der Waals surface area contributed by atoms with Gasteiger partial charge in [0.2, 0.25) is 0 Å². The minimum absolute atomic E-state index is 0.0497. The third-order valence-corrected chi connectivity index (χ3v) is 4.11. The number of nitrogens with one attached hydrogen (secondary N) is 1. The smallest absolute Gasteiger partial charge is 0.313 e. The SMILES string of the molecule is CCCCCCn1cc(NC(=O)c2ccccc2O)nc1CC(=O)OCC. The molecule has 1 amide bonds. The summed E-state index contributed by atoms with van der Waals surface area (Å²) in [6, 6.07) is 6.31. The lowest BCUT2D eigenvalue weighted by Gasteiger charge is -2.07. The van der Waals surface area contributed by atoms with Gasteiger partial charge in [-0.25, -0.2) is 4.98 Å². The van der Waals surface area contributed by atoms with Gasteiger partial charge >= 0.3 is 5.97 Å². The summed E-state index contributed by atoms with van der Waals surface area (Å²) in [5, 5.41) is 12.5. The zero-order valence-corrected chi connectivity index (χ0v) is 15.9. The van der Waals surface area contributed by atoms with Crippen molar-refractivity contribution >= 4 is 17.7 Å². The number of aromatic hydroxyl groups is 1. The summed E-state index contributed by atoms with van der Waals surface area (Å²) in [5.41, 5.74) is 0.168. The molecule has 0 atom stereocenters. The molecule has 2 N–H and O–H groups in total. The molecule has 0 aliphatic rings. The molecule has 0 fully saturated rings. The van der Waals surface area contributed by atoms with E-state index in [2.05, 4.69) is 17.2 Å². The van der Waals surface area contributed by atoms with Crippen LogP contribution in [-0.2, 0) is 22.5 Å². The molecule has 0 unspecified atom stereocenters. The Hall–Kier alpha value is -2.83. The highest BCUT2D eigenvalue weighted by Crippen LogP contribution is 2.18. The number of phenolic OH excluding ortho intramolecular Hbond substituents is 1. The van der Waals surface area contributed by atoms with Crippen LogP contribution in [0.4, 0.5) is 5.82 Å². The van der Waals surface area contributed by atoms with Gasteiger partial charge in [-0.2, -0.15) is 0 Å². The Kier molecular flexibility index (Phi) is 7.85. The van der Waals surface area contributed by atoms with Crippen molar-refractivity contribution in [2.75, 3.05) is 11.9 Å². The minimum atomic E-state index is -0.452. The van der Waals surface area contributed by atoms with E-state index < -0.39 is 5.91 Å². The fourth-order valence-electron chi connectivity index (χ4n) is 2.75. The van der Waals surface area contributed by atoms with Crippen molar-refractivity contribution in [3.8, 4) is 5.75 Å². The molecule has 0 aliphatic heterocycles. The molecule has 2 rings (SSSR count). The molecule has 0 saturated heterocycles. The van der Waals surface area contributed by atoms with Crippen molar-refractivity contribution in [2.24, 2.45) is 0 Å². The highest BCUT2D eigenvalue weighted by atomic mass is 16.5. The quantitative estimate of drug-likeness (QED) is 0.491. The molecule has 7 heteroatoms. The van der Waals surface area contributed by atoms with Crippen LogP contribution in [0.2, 0.25) is 0 Å². The highest BCUT2D eigenvalue weighted by Gasteiger charge is 2.16. The number of aryl methyl sites for hydroxylation is 1. The number of imidazole rings is 1. The Balaban J connectivity index is 2.13. The molecule has 0 saturated carbocycles. The maximum Gasteiger partial charge on any atom is 0.313 e. The first kappa shape index (κ1) is 20.5. The van der Waals surface area contributed by atoms with Crippen LogP contribution in [0.1, 0.15) is 55.7 Å².